The predicted molar refractivity (Wildman–Crippen MR) is 119 cm³/mol. The smallest absolute Gasteiger partial charge is 0.305 e. The molecule has 9 heteroatoms. The Morgan fingerprint density at radius 1 is 0.909 bits per heavy atom. The van der Waals surface area contributed by atoms with Gasteiger partial charge in [-0.1, -0.05) is 27.7 Å². The van der Waals surface area contributed by atoms with Crippen LogP contribution in [0.5, 0.6) is 0 Å². The number of carbonyl (C=O) groups excluding carboxylic acids is 2. The Hall–Kier alpha value is -1.26. The van der Waals surface area contributed by atoms with Crippen molar-refractivity contribution in [3.63, 3.8) is 0 Å². The summed E-state index contributed by atoms with van der Waals surface area (Å²) in [7, 11) is 0. The van der Waals surface area contributed by atoms with E-state index in [0.29, 0.717) is 12.0 Å². The molecule has 0 radical (unpaired) electrons. The molecule has 0 spiro atoms. The first kappa shape index (κ1) is 28.0. The Balaban J connectivity index is 0.000000254. The average molecular weight is 475 g/mol. The molecule has 33 heavy (non-hydrogen) atoms. The Morgan fingerprint density at radius 2 is 1.48 bits per heavy atom. The summed E-state index contributed by atoms with van der Waals surface area (Å²) in [5.74, 6) is -1.97. The lowest BCUT2D eigenvalue weighted by Gasteiger charge is -2.31. The lowest BCUT2D eigenvalue weighted by Crippen LogP contribution is -2.42. The zero-order valence-corrected chi connectivity index (χ0v) is 21.7. The topological polar surface area (TPSA) is 98.8 Å². The first-order valence-electron chi connectivity index (χ1n) is 11.9. The van der Waals surface area contributed by atoms with E-state index in [-0.39, 0.29) is 24.4 Å². The van der Waals surface area contributed by atoms with Crippen LogP contribution in [0, 0.1) is 11.8 Å². The van der Waals surface area contributed by atoms with Gasteiger partial charge in [-0.05, 0) is 26.7 Å². The fraction of sp³-hybridized carbons (Fsp3) is 0.917. The van der Waals surface area contributed by atoms with Gasteiger partial charge in [0.1, 0.15) is 12.2 Å². The van der Waals surface area contributed by atoms with Gasteiger partial charge >= 0.3 is 11.9 Å². The minimum Gasteiger partial charge on any atom is -0.434 e. The van der Waals surface area contributed by atoms with Crippen molar-refractivity contribution in [2.75, 3.05) is 0 Å². The van der Waals surface area contributed by atoms with Gasteiger partial charge in [0.05, 0.1) is 12.2 Å². The molecule has 3 aliphatic rings. The highest BCUT2D eigenvalue weighted by Gasteiger charge is 2.52. The van der Waals surface area contributed by atoms with E-state index >= 15 is 0 Å². The van der Waals surface area contributed by atoms with Crippen LogP contribution in [0.4, 0.5) is 0 Å². The molecule has 8 atom stereocenters. The SMILES string of the molecule is CC[C@H]1OC(OC(C)=O)[C@H](OC(C)(C)OC(C)=O)[C@@H]1C.CC[C@H]1O[C@@H]2OC(C)(C)O[C@@H]2[C@@H]1C. The van der Waals surface area contributed by atoms with E-state index in [9.17, 15) is 9.59 Å². The summed E-state index contributed by atoms with van der Waals surface area (Å²) in [4.78, 5) is 22.2. The van der Waals surface area contributed by atoms with Gasteiger partial charge in [-0.2, -0.15) is 0 Å². The molecule has 3 rings (SSSR count). The van der Waals surface area contributed by atoms with E-state index in [0.717, 1.165) is 12.8 Å². The first-order valence-corrected chi connectivity index (χ1v) is 11.9. The van der Waals surface area contributed by atoms with Crippen LogP contribution in [0.2, 0.25) is 0 Å². The molecule has 0 saturated carbocycles. The number of esters is 2. The minimum atomic E-state index is -1.10. The zero-order chi connectivity index (χ0) is 25.1. The zero-order valence-electron chi connectivity index (χ0n) is 21.7. The molecule has 3 fully saturated rings. The minimum absolute atomic E-state index is 0.0270. The summed E-state index contributed by atoms with van der Waals surface area (Å²) >= 11 is 0. The maximum atomic E-state index is 11.1. The molecule has 0 aromatic heterocycles. The summed E-state index contributed by atoms with van der Waals surface area (Å²) < 4.78 is 38.9. The quantitative estimate of drug-likeness (QED) is 0.419. The molecule has 0 aromatic carbocycles. The van der Waals surface area contributed by atoms with Crippen molar-refractivity contribution in [2.24, 2.45) is 11.8 Å². The first-order chi connectivity index (χ1) is 15.2. The number of rotatable bonds is 6. The Kier molecular flexibility index (Phi) is 9.32. The molecule has 0 amide bonds. The third kappa shape index (κ3) is 7.36. The largest absolute Gasteiger partial charge is 0.434 e. The van der Waals surface area contributed by atoms with Crippen LogP contribution in [0.25, 0.3) is 0 Å². The van der Waals surface area contributed by atoms with E-state index in [1.165, 1.54) is 13.8 Å². The molecule has 1 unspecified atom stereocenters. The highest BCUT2D eigenvalue weighted by atomic mass is 16.8. The van der Waals surface area contributed by atoms with Gasteiger partial charge in [0.15, 0.2) is 12.1 Å². The Bertz CT molecular complexity index is 677. The fourth-order valence-electron chi connectivity index (χ4n) is 4.61. The van der Waals surface area contributed by atoms with Gasteiger partial charge in [-0.25, -0.2) is 0 Å². The van der Waals surface area contributed by atoms with E-state index in [1.807, 2.05) is 27.7 Å². The third-order valence-corrected chi connectivity index (χ3v) is 6.08. The van der Waals surface area contributed by atoms with Crippen LogP contribution in [-0.4, -0.2) is 60.5 Å². The lowest BCUT2D eigenvalue weighted by molar-refractivity contribution is -0.262. The van der Waals surface area contributed by atoms with Crippen LogP contribution >= 0.6 is 0 Å². The molecule has 0 bridgehead atoms. The molecule has 3 aliphatic heterocycles. The number of ether oxygens (including phenoxy) is 7. The Morgan fingerprint density at radius 3 is 1.97 bits per heavy atom. The molecule has 192 valence electrons. The van der Waals surface area contributed by atoms with Crippen molar-refractivity contribution < 1.29 is 42.7 Å². The van der Waals surface area contributed by atoms with Gasteiger partial charge in [-0.3, -0.25) is 9.59 Å². The number of carbonyl (C=O) groups is 2. The maximum absolute atomic E-state index is 11.1. The lowest BCUT2D eigenvalue weighted by atomic mass is 9.99. The van der Waals surface area contributed by atoms with Crippen LogP contribution in [0.1, 0.15) is 82.1 Å². The fourth-order valence-corrected chi connectivity index (χ4v) is 4.61. The van der Waals surface area contributed by atoms with Crippen molar-refractivity contribution >= 4 is 11.9 Å². The van der Waals surface area contributed by atoms with Crippen molar-refractivity contribution in [2.45, 2.75) is 131 Å². The van der Waals surface area contributed by atoms with Crippen molar-refractivity contribution in [1.82, 2.24) is 0 Å². The average Bonchev–Trinajstić information content (AvgIpc) is 3.24. The third-order valence-electron chi connectivity index (χ3n) is 6.08. The Labute approximate surface area is 197 Å². The molecule has 3 heterocycles. The maximum Gasteiger partial charge on any atom is 0.305 e. The van der Waals surface area contributed by atoms with E-state index in [2.05, 4.69) is 13.8 Å². The van der Waals surface area contributed by atoms with Gasteiger partial charge < -0.3 is 33.2 Å². The van der Waals surface area contributed by atoms with Gasteiger partial charge in [0.25, 0.3) is 0 Å². The number of fused-ring (bicyclic) bond motifs is 1. The predicted octanol–water partition coefficient (Wildman–Crippen LogP) is 3.91. The number of hydrogen-bond donors (Lipinski definition) is 0. The highest BCUT2D eigenvalue weighted by molar-refractivity contribution is 5.66. The van der Waals surface area contributed by atoms with Crippen molar-refractivity contribution in [1.29, 1.82) is 0 Å². The standard InChI is InChI=1S/C14H24O6.C10H18O3/c1-7-11-8(2)12(13(18-11)17-9(3)15)20-14(5,6)19-10(4)16;1-5-7-6(2)8-9(11-7)13-10(3,4)12-8/h8,11-13H,7H2,1-6H3;6-9H,5H2,1-4H3/t8-,11-,12-,13?;6-,7-,8-,9-/m11/s1. The van der Waals surface area contributed by atoms with Gasteiger partial charge in [0, 0.05) is 39.5 Å². The van der Waals surface area contributed by atoms with Gasteiger partial charge in [0.2, 0.25) is 12.1 Å². The van der Waals surface area contributed by atoms with E-state index in [4.69, 9.17) is 33.2 Å². The van der Waals surface area contributed by atoms with Crippen molar-refractivity contribution in [3.8, 4) is 0 Å². The second-order valence-corrected chi connectivity index (χ2v) is 9.91. The summed E-state index contributed by atoms with van der Waals surface area (Å²) in [5.41, 5.74) is 0. The van der Waals surface area contributed by atoms with Crippen LogP contribution in [-0.2, 0) is 42.7 Å². The normalized spacial score (nSPS) is 37.2. The summed E-state index contributed by atoms with van der Waals surface area (Å²) in [6, 6.07) is 0. The van der Waals surface area contributed by atoms with Crippen LogP contribution < -0.4 is 0 Å². The molecule has 0 aromatic rings. The summed E-state index contributed by atoms with van der Waals surface area (Å²) in [5, 5.41) is 0. The second kappa shape index (κ2) is 11.0. The monoisotopic (exact) mass is 474 g/mol. The molecule has 3 saturated heterocycles. The molecule has 0 N–H and O–H groups in total. The highest BCUT2D eigenvalue weighted by Crippen LogP contribution is 2.41. The number of hydrogen-bond acceptors (Lipinski definition) is 9. The molecular formula is C24H42O9. The molecule has 0 aliphatic carbocycles. The van der Waals surface area contributed by atoms with E-state index in [1.54, 1.807) is 13.8 Å². The summed E-state index contributed by atoms with van der Waals surface area (Å²) in [6.07, 6.45) is 0.785. The summed E-state index contributed by atoms with van der Waals surface area (Å²) in [6.45, 7) is 18.1. The molecular weight excluding hydrogens is 432 g/mol. The second-order valence-electron chi connectivity index (χ2n) is 9.91. The molecule has 9 nitrogen and oxygen atoms in total. The van der Waals surface area contributed by atoms with Crippen LogP contribution in [0.15, 0.2) is 0 Å². The van der Waals surface area contributed by atoms with Gasteiger partial charge in [-0.15, -0.1) is 0 Å². The van der Waals surface area contributed by atoms with Crippen LogP contribution in [0.3, 0.4) is 0 Å². The van der Waals surface area contributed by atoms with Crippen molar-refractivity contribution in [3.05, 3.63) is 0 Å². The van der Waals surface area contributed by atoms with E-state index < -0.39 is 35.9 Å².